The quantitative estimate of drug-likeness (QED) is 0.405. The minimum absolute atomic E-state index is 0.0843. The van der Waals surface area contributed by atoms with E-state index in [9.17, 15) is 4.79 Å². The summed E-state index contributed by atoms with van der Waals surface area (Å²) in [6, 6.07) is 13.5. The van der Waals surface area contributed by atoms with Crippen LogP contribution in [0.3, 0.4) is 0 Å². The van der Waals surface area contributed by atoms with Gasteiger partial charge in [-0.05, 0) is 67.5 Å². The molecular weight excluding hydrogens is 436 g/mol. The molecule has 170 valence electrons. The van der Waals surface area contributed by atoms with Crippen molar-refractivity contribution in [2.24, 2.45) is 0 Å². The number of ether oxygens (including phenoxy) is 1. The van der Waals surface area contributed by atoms with Crippen molar-refractivity contribution in [3.05, 3.63) is 53.1 Å². The minimum Gasteiger partial charge on any atom is -0.497 e. The fourth-order valence-corrected chi connectivity index (χ4v) is 4.57. The van der Waals surface area contributed by atoms with Crippen molar-refractivity contribution < 1.29 is 9.53 Å². The summed E-state index contributed by atoms with van der Waals surface area (Å²) in [4.78, 5) is 17.5. The number of fused-ring (bicyclic) bond motifs is 3. The summed E-state index contributed by atoms with van der Waals surface area (Å²) in [5.41, 5.74) is 3.72. The van der Waals surface area contributed by atoms with E-state index < -0.39 is 0 Å². The van der Waals surface area contributed by atoms with Gasteiger partial charge in [0.25, 0.3) is 0 Å². The molecule has 33 heavy (non-hydrogen) atoms. The first kappa shape index (κ1) is 21.4. The lowest BCUT2D eigenvalue weighted by Gasteiger charge is -2.09. The number of aryl methyl sites for hydroxylation is 2. The van der Waals surface area contributed by atoms with Crippen LogP contribution in [-0.2, 0) is 24.3 Å². The van der Waals surface area contributed by atoms with Gasteiger partial charge in [-0.2, -0.15) is 5.10 Å². The number of aromatic amines is 1. The average molecular weight is 463 g/mol. The summed E-state index contributed by atoms with van der Waals surface area (Å²) >= 11 is 5.39. The molecule has 5 rings (SSSR count). The molecule has 8 nitrogen and oxygen atoms in total. The number of carbonyl (C=O) groups is 1. The van der Waals surface area contributed by atoms with Gasteiger partial charge in [0, 0.05) is 37.2 Å². The maximum absolute atomic E-state index is 12.7. The maximum Gasteiger partial charge on any atom is 0.226 e. The van der Waals surface area contributed by atoms with Crippen LogP contribution in [0.25, 0.3) is 22.4 Å². The number of rotatable bonds is 6. The van der Waals surface area contributed by atoms with Crippen molar-refractivity contribution in [2.75, 3.05) is 12.4 Å². The molecule has 0 spiro atoms. The molecule has 0 saturated carbocycles. The van der Waals surface area contributed by atoms with Crippen LogP contribution < -0.4 is 10.1 Å². The molecule has 0 aliphatic carbocycles. The monoisotopic (exact) mass is 462 g/mol. The van der Waals surface area contributed by atoms with Gasteiger partial charge in [-0.25, -0.2) is 4.98 Å². The third-order valence-electron chi connectivity index (χ3n) is 6.06. The number of nitrogens with one attached hydrogen (secondary N) is 2. The van der Waals surface area contributed by atoms with E-state index in [1.54, 1.807) is 7.11 Å². The van der Waals surface area contributed by atoms with Crippen LogP contribution in [0.4, 0.5) is 5.69 Å². The lowest BCUT2D eigenvalue weighted by atomic mass is 10.2. The lowest BCUT2D eigenvalue weighted by Crippen LogP contribution is -2.15. The highest BCUT2D eigenvalue weighted by Crippen LogP contribution is 2.25. The molecule has 0 radical (unpaired) electrons. The van der Waals surface area contributed by atoms with E-state index in [2.05, 4.69) is 26.1 Å². The summed E-state index contributed by atoms with van der Waals surface area (Å²) in [5, 5.41) is 10.2. The number of benzene rings is 2. The number of amides is 1. The van der Waals surface area contributed by atoms with Gasteiger partial charge in [0.05, 0.1) is 18.1 Å². The molecule has 0 unspecified atom stereocenters. The van der Waals surface area contributed by atoms with E-state index in [1.807, 2.05) is 41.0 Å². The van der Waals surface area contributed by atoms with Gasteiger partial charge in [0.2, 0.25) is 5.91 Å². The molecule has 2 N–H and O–H groups in total. The van der Waals surface area contributed by atoms with Gasteiger partial charge in [0.1, 0.15) is 11.6 Å². The summed E-state index contributed by atoms with van der Waals surface area (Å²) in [6.45, 7) is 1.43. The zero-order valence-electron chi connectivity index (χ0n) is 18.5. The number of anilines is 1. The van der Waals surface area contributed by atoms with Crippen LogP contribution in [0.1, 0.15) is 31.5 Å². The molecule has 1 amide bonds. The van der Waals surface area contributed by atoms with Gasteiger partial charge >= 0.3 is 0 Å². The fourth-order valence-electron chi connectivity index (χ4n) is 4.35. The van der Waals surface area contributed by atoms with Gasteiger partial charge in [0.15, 0.2) is 10.6 Å². The minimum atomic E-state index is -0.0843. The standard InChI is InChI=1S/C24H26N6O2S/c1-32-18-9-6-16(7-10-18)23-27-28-24(33)30(23)14-12-22(31)25-17-8-11-20-19(15-17)26-21-5-3-2-4-13-29(20)21/h6-11,15H,2-5,12-14H2,1H3,(H,25,31)(H,28,33). The van der Waals surface area contributed by atoms with Gasteiger partial charge in [-0.15, -0.1) is 0 Å². The molecule has 4 aromatic rings. The summed E-state index contributed by atoms with van der Waals surface area (Å²) < 4.78 is 9.85. The molecule has 1 aliphatic heterocycles. The smallest absolute Gasteiger partial charge is 0.226 e. The van der Waals surface area contributed by atoms with Crippen LogP contribution in [0, 0.1) is 4.77 Å². The molecular formula is C24H26N6O2S. The first-order chi connectivity index (χ1) is 16.1. The number of nitrogens with zero attached hydrogens (tertiary/aromatic N) is 4. The second-order valence-electron chi connectivity index (χ2n) is 8.22. The topological polar surface area (TPSA) is 89.8 Å². The number of imidazole rings is 1. The number of methoxy groups -OCH3 is 1. The van der Waals surface area contributed by atoms with Crippen molar-refractivity contribution in [2.45, 2.75) is 45.2 Å². The van der Waals surface area contributed by atoms with Crippen molar-refractivity contribution in [1.82, 2.24) is 24.3 Å². The van der Waals surface area contributed by atoms with E-state index in [0.717, 1.165) is 46.8 Å². The van der Waals surface area contributed by atoms with Crippen LogP contribution in [0.5, 0.6) is 5.75 Å². The summed E-state index contributed by atoms with van der Waals surface area (Å²) in [6.07, 6.45) is 4.90. The van der Waals surface area contributed by atoms with Gasteiger partial charge < -0.3 is 14.6 Å². The fraction of sp³-hybridized carbons (Fsp3) is 0.333. The van der Waals surface area contributed by atoms with Crippen LogP contribution in [0.2, 0.25) is 0 Å². The van der Waals surface area contributed by atoms with Crippen molar-refractivity contribution in [3.8, 4) is 17.1 Å². The first-order valence-corrected chi connectivity index (χ1v) is 11.6. The van der Waals surface area contributed by atoms with Crippen LogP contribution in [-0.4, -0.2) is 37.3 Å². The van der Waals surface area contributed by atoms with Crippen molar-refractivity contribution in [1.29, 1.82) is 0 Å². The maximum atomic E-state index is 12.7. The summed E-state index contributed by atoms with van der Waals surface area (Å²) in [7, 11) is 1.63. The Labute approximate surface area is 196 Å². The highest BCUT2D eigenvalue weighted by molar-refractivity contribution is 7.71. The first-order valence-electron chi connectivity index (χ1n) is 11.2. The Morgan fingerprint density at radius 2 is 2.03 bits per heavy atom. The highest BCUT2D eigenvalue weighted by atomic mass is 32.1. The predicted octanol–water partition coefficient (Wildman–Crippen LogP) is 4.72. The molecule has 1 aliphatic rings. The Morgan fingerprint density at radius 3 is 2.85 bits per heavy atom. The third kappa shape index (κ3) is 4.41. The Balaban J connectivity index is 1.28. The predicted molar refractivity (Wildman–Crippen MR) is 130 cm³/mol. The largest absolute Gasteiger partial charge is 0.497 e. The Kier molecular flexibility index (Phi) is 5.95. The number of H-pyrrole nitrogens is 1. The molecule has 0 fully saturated rings. The van der Waals surface area contributed by atoms with Crippen LogP contribution in [0.15, 0.2) is 42.5 Å². The lowest BCUT2D eigenvalue weighted by molar-refractivity contribution is -0.116. The van der Waals surface area contributed by atoms with E-state index in [1.165, 1.54) is 19.3 Å². The van der Waals surface area contributed by atoms with Gasteiger partial charge in [-0.3, -0.25) is 14.5 Å². The van der Waals surface area contributed by atoms with E-state index in [0.29, 0.717) is 17.1 Å². The number of hydrogen-bond acceptors (Lipinski definition) is 5. The molecule has 2 aromatic heterocycles. The Bertz CT molecular complexity index is 1350. The molecule has 0 atom stereocenters. The van der Waals surface area contributed by atoms with Crippen molar-refractivity contribution in [3.63, 3.8) is 0 Å². The second-order valence-corrected chi connectivity index (χ2v) is 8.61. The Hall–Kier alpha value is -3.46. The average Bonchev–Trinajstić information content (AvgIpc) is 3.27. The zero-order chi connectivity index (χ0) is 22.8. The van der Waals surface area contributed by atoms with E-state index >= 15 is 0 Å². The molecule has 2 aromatic carbocycles. The molecule has 9 heteroatoms. The van der Waals surface area contributed by atoms with Gasteiger partial charge in [-0.1, -0.05) is 6.42 Å². The molecule has 0 saturated heterocycles. The second kappa shape index (κ2) is 9.19. The highest BCUT2D eigenvalue weighted by Gasteiger charge is 2.15. The number of aromatic nitrogens is 5. The number of carbonyl (C=O) groups excluding carboxylic acids is 1. The SMILES string of the molecule is COc1ccc(-c2n[nH]c(=S)n2CCC(=O)Nc2ccc3c(c2)nc2n3CCCCC2)cc1. The summed E-state index contributed by atoms with van der Waals surface area (Å²) in [5.74, 6) is 2.52. The van der Waals surface area contributed by atoms with E-state index in [4.69, 9.17) is 21.9 Å². The van der Waals surface area contributed by atoms with Crippen LogP contribution >= 0.6 is 12.2 Å². The van der Waals surface area contributed by atoms with E-state index in [-0.39, 0.29) is 12.3 Å². The molecule has 0 bridgehead atoms. The molecule has 3 heterocycles. The third-order valence-corrected chi connectivity index (χ3v) is 6.37. The number of hydrogen-bond donors (Lipinski definition) is 2. The zero-order valence-corrected chi connectivity index (χ0v) is 19.3. The van der Waals surface area contributed by atoms with Crippen molar-refractivity contribution >= 4 is 34.8 Å². The Morgan fingerprint density at radius 1 is 1.18 bits per heavy atom. The normalized spacial score (nSPS) is 13.5.